The van der Waals surface area contributed by atoms with Crippen molar-refractivity contribution in [3.63, 3.8) is 0 Å². The lowest BCUT2D eigenvalue weighted by molar-refractivity contribution is -0.142. The molecule has 2 rings (SSSR count). The van der Waals surface area contributed by atoms with Gasteiger partial charge in [0.1, 0.15) is 0 Å². The first kappa shape index (κ1) is 9.96. The van der Waals surface area contributed by atoms with Gasteiger partial charge in [0.05, 0.1) is 17.8 Å². The maximum Gasteiger partial charge on any atom is 0.306 e. The lowest BCUT2D eigenvalue weighted by Crippen LogP contribution is -2.36. The molecule has 4 heteroatoms. The van der Waals surface area contributed by atoms with Crippen LogP contribution in [-0.4, -0.2) is 29.1 Å². The van der Waals surface area contributed by atoms with Gasteiger partial charge in [-0.1, -0.05) is 0 Å². The van der Waals surface area contributed by atoms with E-state index in [2.05, 4.69) is 9.88 Å². The average molecular weight is 206 g/mol. The van der Waals surface area contributed by atoms with E-state index in [9.17, 15) is 4.79 Å². The summed E-state index contributed by atoms with van der Waals surface area (Å²) < 4.78 is 0. The minimum atomic E-state index is -0.666. The number of carboxylic acid groups (broad SMARTS) is 1. The molecular formula is C11H14N2O2. The van der Waals surface area contributed by atoms with Crippen LogP contribution in [0.2, 0.25) is 0 Å². The highest BCUT2D eigenvalue weighted by Gasteiger charge is 2.24. The Kier molecular flexibility index (Phi) is 2.85. The van der Waals surface area contributed by atoms with E-state index in [0.717, 1.165) is 31.6 Å². The van der Waals surface area contributed by atoms with Gasteiger partial charge in [0.15, 0.2) is 0 Å². The molecule has 1 fully saturated rings. The molecule has 0 radical (unpaired) electrons. The summed E-state index contributed by atoms with van der Waals surface area (Å²) in [7, 11) is 0. The van der Waals surface area contributed by atoms with E-state index in [1.165, 1.54) is 0 Å². The van der Waals surface area contributed by atoms with Crippen LogP contribution in [0, 0.1) is 5.92 Å². The predicted molar refractivity (Wildman–Crippen MR) is 56.8 cm³/mol. The van der Waals surface area contributed by atoms with Gasteiger partial charge >= 0.3 is 5.97 Å². The summed E-state index contributed by atoms with van der Waals surface area (Å²) in [4.78, 5) is 17.0. The number of anilines is 1. The minimum Gasteiger partial charge on any atom is -0.481 e. The van der Waals surface area contributed by atoms with Crippen molar-refractivity contribution in [3.05, 3.63) is 24.5 Å². The Morgan fingerprint density at radius 2 is 2.20 bits per heavy atom. The molecule has 0 amide bonds. The summed E-state index contributed by atoms with van der Waals surface area (Å²) in [6, 6.07) is 3.91. The van der Waals surface area contributed by atoms with Gasteiger partial charge in [-0.2, -0.15) is 0 Å². The quantitative estimate of drug-likeness (QED) is 0.794. The van der Waals surface area contributed by atoms with Gasteiger partial charge in [-0.05, 0) is 25.0 Å². The molecule has 1 aromatic rings. The predicted octanol–water partition coefficient (Wildman–Crippen LogP) is 1.38. The number of piperidine rings is 1. The van der Waals surface area contributed by atoms with E-state index >= 15 is 0 Å². The fourth-order valence-electron chi connectivity index (χ4n) is 1.93. The number of hydrogen-bond acceptors (Lipinski definition) is 3. The summed E-state index contributed by atoms with van der Waals surface area (Å²) in [5, 5.41) is 8.86. The summed E-state index contributed by atoms with van der Waals surface area (Å²) in [5.41, 5.74) is 1.08. The molecule has 1 aliphatic heterocycles. The second-order valence-corrected chi connectivity index (χ2v) is 3.81. The molecular weight excluding hydrogens is 192 g/mol. The van der Waals surface area contributed by atoms with Gasteiger partial charge < -0.3 is 10.0 Å². The van der Waals surface area contributed by atoms with Crippen molar-refractivity contribution < 1.29 is 9.90 Å². The van der Waals surface area contributed by atoms with Crippen LogP contribution < -0.4 is 4.90 Å². The number of carbonyl (C=O) groups is 1. The van der Waals surface area contributed by atoms with Crippen LogP contribution in [0.25, 0.3) is 0 Å². The van der Waals surface area contributed by atoms with Crippen LogP contribution in [0.15, 0.2) is 24.5 Å². The van der Waals surface area contributed by atoms with Gasteiger partial charge in [-0.15, -0.1) is 0 Å². The van der Waals surface area contributed by atoms with E-state index in [1.807, 2.05) is 18.3 Å². The zero-order chi connectivity index (χ0) is 10.7. The number of hydrogen-bond donors (Lipinski definition) is 1. The van der Waals surface area contributed by atoms with Gasteiger partial charge in [0, 0.05) is 19.3 Å². The van der Waals surface area contributed by atoms with E-state index < -0.39 is 5.97 Å². The monoisotopic (exact) mass is 206 g/mol. The van der Waals surface area contributed by atoms with Crippen molar-refractivity contribution in [1.29, 1.82) is 0 Å². The molecule has 1 aromatic heterocycles. The second-order valence-electron chi connectivity index (χ2n) is 3.81. The Labute approximate surface area is 88.6 Å². The van der Waals surface area contributed by atoms with E-state index in [-0.39, 0.29) is 5.92 Å². The lowest BCUT2D eigenvalue weighted by Gasteiger charge is -2.31. The maximum atomic E-state index is 10.8. The zero-order valence-corrected chi connectivity index (χ0v) is 8.47. The standard InChI is InChI=1S/C11H14N2O2/c14-11(15)9-3-6-13(7-4-9)10-2-1-5-12-8-10/h1-2,5,8-9H,3-4,6-7H2,(H,14,15). The molecule has 0 spiro atoms. The smallest absolute Gasteiger partial charge is 0.306 e. The van der Waals surface area contributed by atoms with Crippen LogP contribution in [0.5, 0.6) is 0 Å². The fourth-order valence-corrected chi connectivity index (χ4v) is 1.93. The Bertz CT molecular complexity index is 332. The molecule has 2 heterocycles. The van der Waals surface area contributed by atoms with Gasteiger partial charge in [-0.3, -0.25) is 9.78 Å². The van der Waals surface area contributed by atoms with Crippen molar-refractivity contribution in [3.8, 4) is 0 Å². The highest BCUT2D eigenvalue weighted by atomic mass is 16.4. The third kappa shape index (κ3) is 2.26. The first-order chi connectivity index (χ1) is 7.27. The Morgan fingerprint density at radius 3 is 2.73 bits per heavy atom. The molecule has 1 saturated heterocycles. The Morgan fingerprint density at radius 1 is 1.47 bits per heavy atom. The van der Waals surface area contributed by atoms with E-state index in [1.54, 1.807) is 6.20 Å². The molecule has 1 aliphatic rings. The van der Waals surface area contributed by atoms with Crippen molar-refractivity contribution in [2.24, 2.45) is 5.92 Å². The number of aliphatic carboxylic acids is 1. The minimum absolute atomic E-state index is 0.169. The number of rotatable bonds is 2. The third-order valence-corrected chi connectivity index (χ3v) is 2.86. The van der Waals surface area contributed by atoms with Gasteiger partial charge in [0.2, 0.25) is 0 Å². The third-order valence-electron chi connectivity index (χ3n) is 2.86. The molecule has 0 saturated carbocycles. The molecule has 0 unspecified atom stereocenters. The Hall–Kier alpha value is -1.58. The number of nitrogens with zero attached hydrogens (tertiary/aromatic N) is 2. The molecule has 80 valence electrons. The lowest BCUT2D eigenvalue weighted by atomic mass is 9.97. The molecule has 1 N–H and O–H groups in total. The van der Waals surface area contributed by atoms with Gasteiger partial charge in [0.25, 0.3) is 0 Å². The number of aromatic nitrogens is 1. The second kappa shape index (κ2) is 4.29. The summed E-state index contributed by atoms with van der Waals surface area (Å²) >= 11 is 0. The fraction of sp³-hybridized carbons (Fsp3) is 0.455. The summed E-state index contributed by atoms with van der Waals surface area (Å²) in [6.45, 7) is 1.62. The van der Waals surface area contributed by atoms with Crippen LogP contribution in [-0.2, 0) is 4.79 Å². The maximum absolute atomic E-state index is 10.8. The molecule has 0 bridgehead atoms. The molecule has 0 atom stereocenters. The number of carboxylic acids is 1. The topological polar surface area (TPSA) is 53.4 Å². The van der Waals surface area contributed by atoms with Crippen LogP contribution in [0.4, 0.5) is 5.69 Å². The molecule has 0 aromatic carbocycles. The SMILES string of the molecule is O=C(O)C1CCN(c2cccnc2)CC1. The van der Waals surface area contributed by atoms with Crippen molar-refractivity contribution in [1.82, 2.24) is 4.98 Å². The Balaban J connectivity index is 1.97. The number of pyridine rings is 1. The van der Waals surface area contributed by atoms with Crippen LogP contribution in [0.1, 0.15) is 12.8 Å². The summed E-state index contributed by atoms with van der Waals surface area (Å²) in [6.07, 6.45) is 5.02. The largest absolute Gasteiger partial charge is 0.481 e. The highest BCUT2D eigenvalue weighted by Crippen LogP contribution is 2.22. The van der Waals surface area contributed by atoms with Crippen molar-refractivity contribution in [2.45, 2.75) is 12.8 Å². The van der Waals surface area contributed by atoms with E-state index in [4.69, 9.17) is 5.11 Å². The normalized spacial score (nSPS) is 17.7. The van der Waals surface area contributed by atoms with Gasteiger partial charge in [-0.25, -0.2) is 0 Å². The van der Waals surface area contributed by atoms with Crippen molar-refractivity contribution in [2.75, 3.05) is 18.0 Å². The molecule has 0 aliphatic carbocycles. The zero-order valence-electron chi connectivity index (χ0n) is 8.47. The first-order valence-electron chi connectivity index (χ1n) is 5.15. The van der Waals surface area contributed by atoms with Crippen molar-refractivity contribution >= 4 is 11.7 Å². The first-order valence-corrected chi connectivity index (χ1v) is 5.15. The van der Waals surface area contributed by atoms with Crippen LogP contribution >= 0.6 is 0 Å². The molecule has 15 heavy (non-hydrogen) atoms. The average Bonchev–Trinajstić information content (AvgIpc) is 2.30. The van der Waals surface area contributed by atoms with Crippen LogP contribution in [0.3, 0.4) is 0 Å². The molecule has 4 nitrogen and oxygen atoms in total. The van der Waals surface area contributed by atoms with E-state index in [0.29, 0.717) is 0 Å². The summed E-state index contributed by atoms with van der Waals surface area (Å²) in [5.74, 6) is -0.834. The highest BCUT2D eigenvalue weighted by molar-refractivity contribution is 5.70.